The number of fused-ring (bicyclic) bond motifs is 1. The molecule has 0 saturated heterocycles. The Morgan fingerprint density at radius 3 is 2.94 bits per heavy atom. The Morgan fingerprint density at radius 1 is 1.44 bits per heavy atom. The van der Waals surface area contributed by atoms with E-state index in [1.807, 2.05) is 0 Å². The number of hydrogen-bond acceptors (Lipinski definition) is 2. The summed E-state index contributed by atoms with van der Waals surface area (Å²) in [7, 11) is 0. The van der Waals surface area contributed by atoms with E-state index in [1.54, 1.807) is 0 Å². The number of halogens is 1. The largest absolute Gasteiger partial charge is 0.493 e. The summed E-state index contributed by atoms with van der Waals surface area (Å²) in [6.07, 6.45) is 3.75. The monoisotopic (exact) mass is 309 g/mol. The molecule has 1 fully saturated rings. The van der Waals surface area contributed by atoms with Crippen molar-refractivity contribution >= 4 is 15.9 Å². The average molecular weight is 310 g/mol. The van der Waals surface area contributed by atoms with E-state index in [4.69, 9.17) is 4.74 Å². The molecule has 1 aliphatic heterocycles. The molecule has 0 spiro atoms. The van der Waals surface area contributed by atoms with Crippen LogP contribution in [0.25, 0.3) is 0 Å². The van der Waals surface area contributed by atoms with E-state index in [0.29, 0.717) is 11.5 Å². The first-order valence-corrected chi connectivity index (χ1v) is 7.55. The molecule has 3 rings (SSSR count). The van der Waals surface area contributed by atoms with E-state index in [9.17, 15) is 0 Å². The SMILES string of the molecule is CC(NCc1cc(Br)cc2c1OCC2)C1(C)CC1. The molecule has 0 radical (unpaired) electrons. The second-order valence-corrected chi connectivity index (χ2v) is 6.82. The smallest absolute Gasteiger partial charge is 0.127 e. The Balaban J connectivity index is 1.73. The van der Waals surface area contributed by atoms with Crippen molar-refractivity contribution in [3.05, 3.63) is 27.7 Å². The maximum atomic E-state index is 5.76. The molecule has 1 aromatic carbocycles. The summed E-state index contributed by atoms with van der Waals surface area (Å²) in [5, 5.41) is 3.66. The van der Waals surface area contributed by atoms with Gasteiger partial charge in [0.1, 0.15) is 5.75 Å². The topological polar surface area (TPSA) is 21.3 Å². The molecular weight excluding hydrogens is 290 g/mol. The van der Waals surface area contributed by atoms with Gasteiger partial charge in [-0.3, -0.25) is 0 Å². The van der Waals surface area contributed by atoms with Crippen molar-refractivity contribution in [2.24, 2.45) is 5.41 Å². The maximum Gasteiger partial charge on any atom is 0.127 e. The molecule has 1 N–H and O–H groups in total. The molecule has 1 aromatic rings. The zero-order valence-corrected chi connectivity index (χ0v) is 12.6. The van der Waals surface area contributed by atoms with Gasteiger partial charge < -0.3 is 10.1 Å². The average Bonchev–Trinajstić information content (AvgIpc) is 2.90. The standard InChI is InChI=1S/C15H20BrNO/c1-10(15(2)4-5-15)17-9-12-8-13(16)7-11-3-6-18-14(11)12/h7-8,10,17H,3-6,9H2,1-2H3. The molecule has 2 aliphatic rings. The van der Waals surface area contributed by atoms with Crippen LogP contribution in [0.1, 0.15) is 37.8 Å². The van der Waals surface area contributed by atoms with E-state index in [1.165, 1.54) is 24.0 Å². The predicted octanol–water partition coefficient (Wildman–Crippen LogP) is 3.66. The lowest BCUT2D eigenvalue weighted by Gasteiger charge is -2.21. The third-order valence-corrected chi connectivity index (χ3v) is 4.97. The van der Waals surface area contributed by atoms with Crippen LogP contribution in [0.15, 0.2) is 16.6 Å². The van der Waals surface area contributed by atoms with Crippen LogP contribution in [-0.4, -0.2) is 12.6 Å². The van der Waals surface area contributed by atoms with Crippen molar-refractivity contribution in [1.29, 1.82) is 0 Å². The number of ether oxygens (including phenoxy) is 1. The van der Waals surface area contributed by atoms with Crippen LogP contribution in [0.5, 0.6) is 5.75 Å². The van der Waals surface area contributed by atoms with E-state index in [-0.39, 0.29) is 0 Å². The highest BCUT2D eigenvalue weighted by molar-refractivity contribution is 9.10. The van der Waals surface area contributed by atoms with Gasteiger partial charge in [-0.05, 0) is 42.9 Å². The minimum absolute atomic E-state index is 0.524. The second kappa shape index (κ2) is 4.53. The van der Waals surface area contributed by atoms with Gasteiger partial charge in [0.25, 0.3) is 0 Å². The summed E-state index contributed by atoms with van der Waals surface area (Å²) in [5.41, 5.74) is 3.15. The Kier molecular flexibility index (Phi) is 3.15. The van der Waals surface area contributed by atoms with Crippen LogP contribution >= 0.6 is 15.9 Å². The Labute approximate surface area is 117 Å². The molecule has 1 heterocycles. The van der Waals surface area contributed by atoms with Crippen LogP contribution < -0.4 is 10.1 Å². The quantitative estimate of drug-likeness (QED) is 0.916. The van der Waals surface area contributed by atoms with Gasteiger partial charge in [0.2, 0.25) is 0 Å². The van der Waals surface area contributed by atoms with Crippen molar-refractivity contribution in [2.75, 3.05) is 6.61 Å². The summed E-state index contributed by atoms with van der Waals surface area (Å²) in [6, 6.07) is 4.94. The van der Waals surface area contributed by atoms with Crippen molar-refractivity contribution < 1.29 is 4.74 Å². The van der Waals surface area contributed by atoms with E-state index in [0.717, 1.165) is 29.8 Å². The maximum absolute atomic E-state index is 5.76. The minimum atomic E-state index is 0.524. The van der Waals surface area contributed by atoms with Gasteiger partial charge >= 0.3 is 0 Å². The highest BCUT2D eigenvalue weighted by Crippen LogP contribution is 2.48. The fourth-order valence-corrected chi connectivity index (χ4v) is 3.17. The number of benzene rings is 1. The highest BCUT2D eigenvalue weighted by atomic mass is 79.9. The second-order valence-electron chi connectivity index (χ2n) is 5.91. The van der Waals surface area contributed by atoms with Gasteiger partial charge in [-0.2, -0.15) is 0 Å². The fraction of sp³-hybridized carbons (Fsp3) is 0.600. The van der Waals surface area contributed by atoms with Crippen LogP contribution in [0, 0.1) is 5.41 Å². The van der Waals surface area contributed by atoms with Gasteiger partial charge in [0, 0.05) is 29.0 Å². The summed E-state index contributed by atoms with van der Waals surface area (Å²) >= 11 is 3.59. The summed E-state index contributed by atoms with van der Waals surface area (Å²) in [4.78, 5) is 0. The summed E-state index contributed by atoms with van der Waals surface area (Å²) < 4.78 is 6.92. The van der Waals surface area contributed by atoms with Gasteiger partial charge in [-0.15, -0.1) is 0 Å². The van der Waals surface area contributed by atoms with Gasteiger partial charge in [-0.25, -0.2) is 0 Å². The zero-order valence-electron chi connectivity index (χ0n) is 11.1. The molecule has 0 amide bonds. The van der Waals surface area contributed by atoms with Gasteiger partial charge in [-0.1, -0.05) is 22.9 Å². The summed E-state index contributed by atoms with van der Waals surface area (Å²) in [5.74, 6) is 1.11. The van der Waals surface area contributed by atoms with Crippen LogP contribution in [0.4, 0.5) is 0 Å². The number of hydrogen-bond donors (Lipinski definition) is 1. The first-order valence-electron chi connectivity index (χ1n) is 6.76. The third-order valence-electron chi connectivity index (χ3n) is 4.51. The molecular formula is C15H20BrNO. The lowest BCUT2D eigenvalue weighted by Crippen LogP contribution is -2.32. The number of nitrogens with one attached hydrogen (secondary N) is 1. The van der Waals surface area contributed by atoms with Crippen molar-refractivity contribution in [1.82, 2.24) is 5.32 Å². The van der Waals surface area contributed by atoms with Gasteiger partial charge in [0.15, 0.2) is 0 Å². The molecule has 0 bridgehead atoms. The van der Waals surface area contributed by atoms with Crippen molar-refractivity contribution in [3.63, 3.8) is 0 Å². The van der Waals surface area contributed by atoms with E-state index < -0.39 is 0 Å². The lowest BCUT2D eigenvalue weighted by molar-refractivity contribution is 0.345. The van der Waals surface area contributed by atoms with Crippen molar-refractivity contribution in [3.8, 4) is 5.75 Å². The Morgan fingerprint density at radius 2 is 2.22 bits per heavy atom. The normalized spacial score (nSPS) is 21.3. The fourth-order valence-electron chi connectivity index (χ4n) is 2.62. The highest BCUT2D eigenvalue weighted by Gasteiger charge is 2.42. The number of rotatable bonds is 4. The van der Waals surface area contributed by atoms with Crippen molar-refractivity contribution in [2.45, 2.75) is 45.7 Å². The lowest BCUT2D eigenvalue weighted by atomic mass is 10.0. The molecule has 1 aliphatic carbocycles. The summed E-state index contributed by atoms with van der Waals surface area (Å²) in [6.45, 7) is 6.39. The molecule has 1 saturated carbocycles. The minimum Gasteiger partial charge on any atom is -0.493 e. The zero-order chi connectivity index (χ0) is 12.8. The molecule has 3 heteroatoms. The van der Waals surface area contributed by atoms with Crippen LogP contribution in [0.2, 0.25) is 0 Å². The molecule has 2 nitrogen and oxygen atoms in total. The van der Waals surface area contributed by atoms with E-state index >= 15 is 0 Å². The molecule has 0 aromatic heterocycles. The molecule has 18 heavy (non-hydrogen) atoms. The Bertz CT molecular complexity index is 468. The first-order chi connectivity index (χ1) is 8.58. The first kappa shape index (κ1) is 12.5. The van der Waals surface area contributed by atoms with Gasteiger partial charge in [0.05, 0.1) is 6.61 Å². The molecule has 98 valence electrons. The third kappa shape index (κ3) is 2.30. The van der Waals surface area contributed by atoms with Crippen LogP contribution in [-0.2, 0) is 13.0 Å². The van der Waals surface area contributed by atoms with Crippen LogP contribution in [0.3, 0.4) is 0 Å². The molecule has 1 atom stereocenters. The van der Waals surface area contributed by atoms with E-state index in [2.05, 4.69) is 47.2 Å². The Hall–Kier alpha value is -0.540. The predicted molar refractivity (Wildman–Crippen MR) is 77.0 cm³/mol. The molecule has 1 unspecified atom stereocenters.